The molecular formula is C8H15N2O. The van der Waals surface area contributed by atoms with Crippen molar-refractivity contribution in [1.82, 2.24) is 4.90 Å². The molecule has 0 atom stereocenters. The van der Waals surface area contributed by atoms with Gasteiger partial charge in [0, 0.05) is 13.1 Å². The zero-order valence-electron chi connectivity index (χ0n) is 6.75. The summed E-state index contributed by atoms with van der Waals surface area (Å²) in [7, 11) is 0. The largest absolute Gasteiger partial charge is 0.334 e. The summed E-state index contributed by atoms with van der Waals surface area (Å²) in [6, 6.07) is 0. The summed E-state index contributed by atoms with van der Waals surface area (Å²) in [6.45, 7) is 2.51. The van der Waals surface area contributed by atoms with Crippen LogP contribution in [0.3, 0.4) is 0 Å². The van der Waals surface area contributed by atoms with Gasteiger partial charge in [0.05, 0.1) is 0 Å². The summed E-state index contributed by atoms with van der Waals surface area (Å²) >= 11 is 0. The molecule has 0 aromatic rings. The molecule has 1 fully saturated rings. The number of likely N-dealkylation sites (tertiary alicyclic amines) is 1. The molecule has 1 rings (SSSR count). The first-order valence-electron chi connectivity index (χ1n) is 4.19. The van der Waals surface area contributed by atoms with Crippen molar-refractivity contribution in [1.29, 1.82) is 0 Å². The first kappa shape index (κ1) is 8.53. The van der Waals surface area contributed by atoms with Crippen molar-refractivity contribution >= 4 is 6.41 Å². The number of amides is 1. The maximum Gasteiger partial charge on any atom is 0.312 e. The molecule has 1 radical (unpaired) electrons. The van der Waals surface area contributed by atoms with Crippen LogP contribution in [-0.2, 0) is 4.79 Å². The quantitative estimate of drug-likeness (QED) is 0.629. The normalized spacial score (nSPS) is 20.3. The van der Waals surface area contributed by atoms with Crippen molar-refractivity contribution < 1.29 is 4.79 Å². The Morgan fingerprint density at radius 3 is 2.55 bits per heavy atom. The maximum atomic E-state index is 10.2. The molecule has 1 aliphatic heterocycles. The Labute approximate surface area is 67.5 Å². The molecule has 0 spiro atoms. The summed E-state index contributed by atoms with van der Waals surface area (Å²) in [5.74, 6) is 0.740. The summed E-state index contributed by atoms with van der Waals surface area (Å²) in [4.78, 5) is 11.9. The molecule has 0 aromatic heterocycles. The van der Waals surface area contributed by atoms with E-state index >= 15 is 0 Å². The van der Waals surface area contributed by atoms with Crippen molar-refractivity contribution in [3.05, 3.63) is 0 Å². The van der Waals surface area contributed by atoms with E-state index < -0.39 is 0 Å². The Morgan fingerprint density at radius 1 is 1.45 bits per heavy atom. The SMILES string of the molecule is NCCC1CCN([C]=O)CC1. The molecule has 11 heavy (non-hydrogen) atoms. The number of hydrogen-bond donors (Lipinski definition) is 1. The van der Waals surface area contributed by atoms with E-state index in [9.17, 15) is 4.79 Å². The van der Waals surface area contributed by atoms with Gasteiger partial charge in [-0.2, -0.15) is 0 Å². The summed E-state index contributed by atoms with van der Waals surface area (Å²) in [6.07, 6.45) is 5.23. The third-order valence-corrected chi connectivity index (χ3v) is 2.32. The third kappa shape index (κ3) is 2.50. The summed E-state index contributed by atoms with van der Waals surface area (Å²) < 4.78 is 0. The van der Waals surface area contributed by atoms with Gasteiger partial charge in [0.2, 0.25) is 0 Å². The van der Waals surface area contributed by atoms with Gasteiger partial charge in [0.25, 0.3) is 0 Å². The molecule has 0 aromatic carbocycles. The molecule has 1 aliphatic rings. The molecule has 2 N–H and O–H groups in total. The highest BCUT2D eigenvalue weighted by atomic mass is 16.1. The maximum absolute atomic E-state index is 10.2. The topological polar surface area (TPSA) is 46.3 Å². The summed E-state index contributed by atoms with van der Waals surface area (Å²) in [5, 5.41) is 0. The number of nitrogens with two attached hydrogens (primary N) is 1. The van der Waals surface area contributed by atoms with Crippen molar-refractivity contribution in [2.45, 2.75) is 19.3 Å². The molecule has 1 amide bonds. The van der Waals surface area contributed by atoms with Crippen LogP contribution >= 0.6 is 0 Å². The number of hydrogen-bond acceptors (Lipinski definition) is 2. The van der Waals surface area contributed by atoms with Gasteiger partial charge in [0.15, 0.2) is 0 Å². The Morgan fingerprint density at radius 2 is 2.09 bits per heavy atom. The fourth-order valence-electron chi connectivity index (χ4n) is 1.55. The van der Waals surface area contributed by atoms with E-state index in [4.69, 9.17) is 5.73 Å². The van der Waals surface area contributed by atoms with Crippen molar-refractivity contribution in [2.24, 2.45) is 11.7 Å². The van der Waals surface area contributed by atoms with E-state index in [1.807, 2.05) is 6.41 Å². The van der Waals surface area contributed by atoms with Crippen LogP contribution in [-0.4, -0.2) is 30.9 Å². The lowest BCUT2D eigenvalue weighted by Crippen LogP contribution is -2.33. The molecule has 1 saturated heterocycles. The van der Waals surface area contributed by atoms with Crippen molar-refractivity contribution in [3.8, 4) is 0 Å². The molecular weight excluding hydrogens is 140 g/mol. The van der Waals surface area contributed by atoms with Gasteiger partial charge in [-0.15, -0.1) is 0 Å². The van der Waals surface area contributed by atoms with Gasteiger partial charge in [-0.05, 0) is 31.7 Å². The van der Waals surface area contributed by atoms with Crippen LogP contribution in [0.2, 0.25) is 0 Å². The van der Waals surface area contributed by atoms with Crippen LogP contribution in [0.25, 0.3) is 0 Å². The number of rotatable bonds is 3. The van der Waals surface area contributed by atoms with E-state index in [1.165, 1.54) is 0 Å². The van der Waals surface area contributed by atoms with Gasteiger partial charge in [-0.3, -0.25) is 4.79 Å². The third-order valence-electron chi connectivity index (χ3n) is 2.32. The predicted octanol–water partition coefficient (Wildman–Crippen LogP) is 0.114. The second kappa shape index (κ2) is 4.34. The predicted molar refractivity (Wildman–Crippen MR) is 43.7 cm³/mol. The minimum Gasteiger partial charge on any atom is -0.334 e. The van der Waals surface area contributed by atoms with Crippen LogP contribution in [0.1, 0.15) is 19.3 Å². The minimum absolute atomic E-state index is 0.740. The lowest BCUT2D eigenvalue weighted by molar-refractivity contribution is 0.249. The molecule has 3 nitrogen and oxygen atoms in total. The average molecular weight is 155 g/mol. The Bertz CT molecular complexity index is 119. The first-order valence-corrected chi connectivity index (χ1v) is 4.19. The zero-order chi connectivity index (χ0) is 8.10. The van der Waals surface area contributed by atoms with E-state index in [-0.39, 0.29) is 0 Å². The van der Waals surface area contributed by atoms with Crippen LogP contribution < -0.4 is 5.73 Å². The second-order valence-electron chi connectivity index (χ2n) is 3.10. The molecule has 0 saturated carbocycles. The van der Waals surface area contributed by atoms with E-state index in [0.29, 0.717) is 0 Å². The molecule has 0 bridgehead atoms. The lowest BCUT2D eigenvalue weighted by Gasteiger charge is -2.27. The highest BCUT2D eigenvalue weighted by Gasteiger charge is 2.17. The monoisotopic (exact) mass is 155 g/mol. The Hall–Kier alpha value is -0.570. The standard InChI is InChI=1S/C8H15N2O/c9-4-1-8-2-5-10(7-11)6-3-8/h8H,1-6,9H2. The summed E-state index contributed by atoms with van der Waals surface area (Å²) in [5.41, 5.74) is 5.44. The van der Waals surface area contributed by atoms with Gasteiger partial charge >= 0.3 is 6.41 Å². The van der Waals surface area contributed by atoms with Crippen LogP contribution in [0.5, 0.6) is 0 Å². The van der Waals surface area contributed by atoms with E-state index in [2.05, 4.69) is 0 Å². The van der Waals surface area contributed by atoms with Crippen molar-refractivity contribution in [3.63, 3.8) is 0 Å². The molecule has 0 unspecified atom stereocenters. The molecule has 0 aliphatic carbocycles. The lowest BCUT2D eigenvalue weighted by atomic mass is 9.94. The van der Waals surface area contributed by atoms with E-state index in [1.54, 1.807) is 4.90 Å². The Kier molecular flexibility index (Phi) is 3.36. The smallest absolute Gasteiger partial charge is 0.312 e. The fourth-order valence-corrected chi connectivity index (χ4v) is 1.55. The molecule has 1 heterocycles. The Balaban J connectivity index is 2.18. The average Bonchev–Trinajstić information content (AvgIpc) is 2.07. The minimum atomic E-state index is 0.740. The number of nitrogens with zero attached hydrogens (tertiary/aromatic N) is 1. The van der Waals surface area contributed by atoms with Gasteiger partial charge in [0.1, 0.15) is 0 Å². The van der Waals surface area contributed by atoms with Crippen LogP contribution in [0, 0.1) is 5.92 Å². The van der Waals surface area contributed by atoms with Crippen LogP contribution in [0.4, 0.5) is 0 Å². The zero-order valence-corrected chi connectivity index (χ0v) is 6.75. The number of piperidine rings is 1. The molecule has 3 heteroatoms. The number of carbonyl (C=O) groups excluding carboxylic acids is 1. The molecule has 63 valence electrons. The van der Waals surface area contributed by atoms with Crippen LogP contribution in [0.15, 0.2) is 0 Å². The second-order valence-corrected chi connectivity index (χ2v) is 3.10. The van der Waals surface area contributed by atoms with Gasteiger partial charge in [-0.25, -0.2) is 0 Å². The van der Waals surface area contributed by atoms with Gasteiger partial charge < -0.3 is 10.6 Å². The highest BCUT2D eigenvalue weighted by molar-refractivity contribution is 5.48. The highest BCUT2D eigenvalue weighted by Crippen LogP contribution is 2.18. The van der Waals surface area contributed by atoms with Crippen molar-refractivity contribution in [2.75, 3.05) is 19.6 Å². The first-order chi connectivity index (χ1) is 5.36. The van der Waals surface area contributed by atoms with Gasteiger partial charge in [-0.1, -0.05) is 0 Å². The fraction of sp³-hybridized carbons (Fsp3) is 0.875. The van der Waals surface area contributed by atoms with E-state index in [0.717, 1.165) is 44.8 Å².